The first-order valence-corrected chi connectivity index (χ1v) is 10.8. The number of fused-ring (bicyclic) bond motifs is 5. The Hall–Kier alpha value is -2.37. The standard InChI is InChI=1S/C25H29NO4/c1-24(2,3)30-23(27)26-16-12-25(28,13-17(26)15-29-14-16)22-20-10-6-4-8-18(20)19-9-5-7-11-21(19)22/h4-11,16-17,22,28H,12-15H2,1-3H3. The summed E-state index contributed by atoms with van der Waals surface area (Å²) in [5.74, 6) is -0.103. The van der Waals surface area contributed by atoms with Crippen molar-refractivity contribution in [2.24, 2.45) is 0 Å². The minimum Gasteiger partial charge on any atom is -0.444 e. The number of piperidine rings is 1. The SMILES string of the molecule is CC(C)(C)OC(=O)N1C2COCC1CC(O)(C1c3ccccc3-c3ccccc31)C2. The second-order valence-electron chi connectivity index (χ2n) is 9.85. The topological polar surface area (TPSA) is 59.0 Å². The third kappa shape index (κ3) is 3.12. The molecule has 1 aliphatic carbocycles. The Morgan fingerprint density at radius 3 is 2.00 bits per heavy atom. The number of carbonyl (C=O) groups excluding carboxylic acids is 1. The van der Waals surface area contributed by atoms with Gasteiger partial charge >= 0.3 is 6.09 Å². The Labute approximate surface area is 177 Å². The van der Waals surface area contributed by atoms with E-state index in [9.17, 15) is 9.90 Å². The van der Waals surface area contributed by atoms with Crippen LogP contribution < -0.4 is 0 Å². The van der Waals surface area contributed by atoms with Crippen LogP contribution in [0, 0.1) is 0 Å². The van der Waals surface area contributed by atoms with Crippen LogP contribution in [0.1, 0.15) is 50.7 Å². The highest BCUT2D eigenvalue weighted by Gasteiger charge is 2.54. The lowest BCUT2D eigenvalue weighted by Gasteiger charge is -2.53. The molecule has 158 valence electrons. The Morgan fingerprint density at radius 1 is 1.00 bits per heavy atom. The summed E-state index contributed by atoms with van der Waals surface area (Å²) < 4.78 is 11.5. The second-order valence-corrected chi connectivity index (χ2v) is 9.85. The van der Waals surface area contributed by atoms with E-state index < -0.39 is 11.2 Å². The van der Waals surface area contributed by atoms with E-state index in [4.69, 9.17) is 9.47 Å². The van der Waals surface area contributed by atoms with Gasteiger partial charge in [0.25, 0.3) is 0 Å². The van der Waals surface area contributed by atoms with Crippen molar-refractivity contribution in [2.75, 3.05) is 13.2 Å². The Bertz CT molecular complexity index is 920. The Morgan fingerprint density at radius 2 is 1.50 bits per heavy atom. The maximum atomic E-state index is 12.9. The number of nitrogens with zero attached hydrogens (tertiary/aromatic N) is 1. The van der Waals surface area contributed by atoms with E-state index >= 15 is 0 Å². The first-order valence-electron chi connectivity index (χ1n) is 10.8. The fourth-order valence-corrected chi connectivity index (χ4v) is 5.60. The molecule has 2 aromatic carbocycles. The van der Waals surface area contributed by atoms with Crippen molar-refractivity contribution >= 4 is 6.09 Å². The zero-order valence-electron chi connectivity index (χ0n) is 17.8. The molecule has 3 aliphatic rings. The van der Waals surface area contributed by atoms with E-state index in [-0.39, 0.29) is 24.1 Å². The molecule has 5 rings (SSSR count). The average molecular weight is 408 g/mol. The lowest BCUT2D eigenvalue weighted by atomic mass is 9.70. The summed E-state index contributed by atoms with van der Waals surface area (Å²) in [5.41, 5.74) is 3.24. The van der Waals surface area contributed by atoms with Crippen LogP contribution in [0.4, 0.5) is 4.79 Å². The molecule has 5 nitrogen and oxygen atoms in total. The third-order valence-electron chi connectivity index (χ3n) is 6.56. The van der Waals surface area contributed by atoms with Gasteiger partial charge in [-0.25, -0.2) is 4.79 Å². The molecular weight excluding hydrogens is 378 g/mol. The van der Waals surface area contributed by atoms with E-state index in [1.807, 2.05) is 37.8 Å². The summed E-state index contributed by atoms with van der Waals surface area (Å²) in [6.07, 6.45) is 0.627. The van der Waals surface area contributed by atoms with Crippen LogP contribution in [0.2, 0.25) is 0 Å². The van der Waals surface area contributed by atoms with Crippen LogP contribution in [0.15, 0.2) is 48.5 Å². The maximum Gasteiger partial charge on any atom is 0.410 e. The molecule has 1 N–H and O–H groups in total. The zero-order chi connectivity index (χ0) is 21.1. The van der Waals surface area contributed by atoms with Crippen molar-refractivity contribution in [3.63, 3.8) is 0 Å². The van der Waals surface area contributed by atoms with Gasteiger partial charge in [0.15, 0.2) is 0 Å². The quantitative estimate of drug-likeness (QED) is 0.765. The molecule has 0 saturated carbocycles. The van der Waals surface area contributed by atoms with E-state index in [0.29, 0.717) is 26.1 Å². The summed E-state index contributed by atoms with van der Waals surface area (Å²) in [4.78, 5) is 14.7. The van der Waals surface area contributed by atoms with Gasteiger partial charge in [-0.2, -0.15) is 0 Å². The van der Waals surface area contributed by atoms with E-state index in [1.54, 1.807) is 0 Å². The first kappa shape index (κ1) is 19.6. The van der Waals surface area contributed by atoms with Crippen molar-refractivity contribution < 1.29 is 19.4 Å². The van der Waals surface area contributed by atoms with Gasteiger partial charge in [-0.05, 0) is 55.9 Å². The van der Waals surface area contributed by atoms with Crippen molar-refractivity contribution in [1.29, 1.82) is 0 Å². The largest absolute Gasteiger partial charge is 0.444 e. The number of morpholine rings is 1. The van der Waals surface area contributed by atoms with Gasteiger partial charge in [0, 0.05) is 5.92 Å². The number of hydrogen-bond donors (Lipinski definition) is 1. The molecule has 2 bridgehead atoms. The average Bonchev–Trinajstić information content (AvgIpc) is 3.01. The van der Waals surface area contributed by atoms with E-state index in [2.05, 4.69) is 36.4 Å². The highest BCUT2D eigenvalue weighted by Crippen LogP contribution is 2.54. The van der Waals surface area contributed by atoms with Crippen molar-refractivity contribution in [3.8, 4) is 11.1 Å². The zero-order valence-corrected chi connectivity index (χ0v) is 17.8. The number of aliphatic hydroxyl groups is 1. The summed E-state index contributed by atoms with van der Waals surface area (Å²) >= 11 is 0. The first-order chi connectivity index (χ1) is 14.3. The van der Waals surface area contributed by atoms with Crippen LogP contribution in [0.5, 0.6) is 0 Å². The fourth-order valence-electron chi connectivity index (χ4n) is 5.60. The van der Waals surface area contributed by atoms with Gasteiger partial charge in [0.1, 0.15) is 5.60 Å². The minimum atomic E-state index is -0.944. The van der Waals surface area contributed by atoms with Gasteiger partial charge < -0.3 is 14.6 Å². The van der Waals surface area contributed by atoms with Crippen LogP contribution in [0.25, 0.3) is 11.1 Å². The van der Waals surface area contributed by atoms with Gasteiger partial charge in [-0.3, -0.25) is 4.90 Å². The molecule has 2 aliphatic heterocycles. The molecule has 2 atom stereocenters. The predicted molar refractivity (Wildman–Crippen MR) is 114 cm³/mol. The molecule has 1 amide bonds. The van der Waals surface area contributed by atoms with E-state index in [1.165, 1.54) is 22.3 Å². The smallest absolute Gasteiger partial charge is 0.410 e. The Balaban J connectivity index is 1.51. The summed E-state index contributed by atoms with van der Waals surface area (Å²) in [6, 6.07) is 16.3. The number of rotatable bonds is 1. The molecule has 0 aromatic heterocycles. The van der Waals surface area contributed by atoms with Gasteiger partial charge in [0.2, 0.25) is 0 Å². The molecule has 0 radical (unpaired) electrons. The molecule has 2 saturated heterocycles. The van der Waals surface area contributed by atoms with Crippen LogP contribution in [-0.2, 0) is 9.47 Å². The molecule has 2 unspecified atom stereocenters. The minimum absolute atomic E-state index is 0.103. The predicted octanol–water partition coefficient (Wildman–Crippen LogP) is 4.33. The lowest BCUT2D eigenvalue weighted by Crippen LogP contribution is -2.65. The highest BCUT2D eigenvalue weighted by molar-refractivity contribution is 5.79. The van der Waals surface area contributed by atoms with Crippen molar-refractivity contribution in [1.82, 2.24) is 4.90 Å². The molecule has 2 heterocycles. The van der Waals surface area contributed by atoms with Crippen LogP contribution in [-0.4, -0.2) is 52.6 Å². The molecule has 2 aromatic rings. The fraction of sp³-hybridized carbons (Fsp3) is 0.480. The van der Waals surface area contributed by atoms with Crippen LogP contribution >= 0.6 is 0 Å². The van der Waals surface area contributed by atoms with Gasteiger partial charge in [-0.15, -0.1) is 0 Å². The normalized spacial score (nSPS) is 28.1. The number of carbonyl (C=O) groups is 1. The van der Waals surface area contributed by atoms with E-state index in [0.717, 1.165) is 0 Å². The molecule has 30 heavy (non-hydrogen) atoms. The lowest BCUT2D eigenvalue weighted by molar-refractivity contribution is -0.142. The highest BCUT2D eigenvalue weighted by atomic mass is 16.6. The monoisotopic (exact) mass is 407 g/mol. The van der Waals surface area contributed by atoms with Crippen LogP contribution in [0.3, 0.4) is 0 Å². The second kappa shape index (κ2) is 6.82. The summed E-state index contributed by atoms with van der Waals surface area (Å²) in [6.45, 7) is 6.49. The molecule has 5 heteroatoms. The Kier molecular flexibility index (Phi) is 4.46. The summed E-state index contributed by atoms with van der Waals surface area (Å²) in [5, 5.41) is 12.1. The van der Waals surface area contributed by atoms with Crippen molar-refractivity contribution in [3.05, 3.63) is 59.7 Å². The number of ether oxygens (including phenoxy) is 2. The third-order valence-corrected chi connectivity index (χ3v) is 6.56. The van der Waals surface area contributed by atoms with Crippen molar-refractivity contribution in [2.45, 2.75) is 62.8 Å². The maximum absolute atomic E-state index is 12.9. The molecule has 2 fully saturated rings. The number of hydrogen-bond acceptors (Lipinski definition) is 4. The summed E-state index contributed by atoms with van der Waals surface area (Å²) in [7, 11) is 0. The van der Waals surface area contributed by atoms with Gasteiger partial charge in [-0.1, -0.05) is 48.5 Å². The molecule has 0 spiro atoms. The molecular formula is C25H29NO4. The number of benzene rings is 2. The number of amides is 1. The van der Waals surface area contributed by atoms with Gasteiger partial charge in [0.05, 0.1) is 30.9 Å².